The SMILES string of the molecule is COc1ccc(Cc2nc(C3(N)CCC3)no2)cc1.Cl. The predicted octanol–water partition coefficient (Wildman–Crippen LogP) is 2.43. The van der Waals surface area contributed by atoms with Crippen LogP contribution in [0.2, 0.25) is 0 Å². The van der Waals surface area contributed by atoms with Gasteiger partial charge in [0.05, 0.1) is 19.1 Å². The highest BCUT2D eigenvalue weighted by Crippen LogP contribution is 2.36. The van der Waals surface area contributed by atoms with Crippen LogP contribution in [0.3, 0.4) is 0 Å². The maximum atomic E-state index is 6.17. The Hall–Kier alpha value is -1.59. The first-order chi connectivity index (χ1) is 9.19. The number of hydrogen-bond acceptors (Lipinski definition) is 5. The maximum Gasteiger partial charge on any atom is 0.231 e. The Morgan fingerprint density at radius 3 is 2.55 bits per heavy atom. The maximum absolute atomic E-state index is 6.17. The number of nitrogens with zero attached hydrogens (tertiary/aromatic N) is 2. The number of methoxy groups -OCH3 is 1. The third-order valence-corrected chi connectivity index (χ3v) is 3.67. The van der Waals surface area contributed by atoms with E-state index in [0.29, 0.717) is 18.1 Å². The number of hydrogen-bond donors (Lipinski definition) is 1. The molecule has 20 heavy (non-hydrogen) atoms. The Labute approximate surface area is 123 Å². The number of nitrogens with two attached hydrogens (primary N) is 1. The van der Waals surface area contributed by atoms with Crippen LogP contribution >= 0.6 is 12.4 Å². The van der Waals surface area contributed by atoms with E-state index < -0.39 is 0 Å². The predicted molar refractivity (Wildman–Crippen MR) is 77.1 cm³/mol. The van der Waals surface area contributed by atoms with Crippen molar-refractivity contribution < 1.29 is 9.26 Å². The second-order valence-electron chi connectivity index (χ2n) is 5.05. The highest BCUT2D eigenvalue weighted by Gasteiger charge is 2.38. The molecule has 1 aliphatic carbocycles. The normalized spacial score (nSPS) is 16.1. The Bertz CT molecular complexity index is 564. The van der Waals surface area contributed by atoms with Crippen LogP contribution in [0.1, 0.15) is 36.5 Å². The third kappa shape index (κ3) is 2.78. The second-order valence-corrected chi connectivity index (χ2v) is 5.05. The Balaban J connectivity index is 0.00000147. The molecule has 3 rings (SSSR count). The first-order valence-electron chi connectivity index (χ1n) is 6.44. The van der Waals surface area contributed by atoms with Gasteiger partial charge in [-0.05, 0) is 37.0 Å². The summed E-state index contributed by atoms with van der Waals surface area (Å²) < 4.78 is 10.4. The average molecular weight is 296 g/mol. The number of aromatic nitrogens is 2. The summed E-state index contributed by atoms with van der Waals surface area (Å²) in [6.07, 6.45) is 3.63. The van der Waals surface area contributed by atoms with Crippen molar-refractivity contribution in [3.8, 4) is 5.75 Å². The highest BCUT2D eigenvalue weighted by atomic mass is 35.5. The van der Waals surface area contributed by atoms with Crippen molar-refractivity contribution >= 4 is 12.4 Å². The number of rotatable bonds is 4. The summed E-state index contributed by atoms with van der Waals surface area (Å²) in [5.74, 6) is 2.09. The van der Waals surface area contributed by atoms with Crippen LogP contribution in [0.25, 0.3) is 0 Å². The Morgan fingerprint density at radius 2 is 2.00 bits per heavy atom. The molecule has 1 aliphatic rings. The zero-order chi connectivity index (χ0) is 13.3. The smallest absolute Gasteiger partial charge is 0.231 e. The van der Waals surface area contributed by atoms with E-state index in [1.807, 2.05) is 24.3 Å². The molecule has 1 aromatic heterocycles. The minimum Gasteiger partial charge on any atom is -0.497 e. The van der Waals surface area contributed by atoms with E-state index >= 15 is 0 Å². The summed E-state index contributed by atoms with van der Waals surface area (Å²) in [7, 11) is 1.65. The van der Waals surface area contributed by atoms with Crippen molar-refractivity contribution in [3.63, 3.8) is 0 Å². The molecule has 0 bridgehead atoms. The molecule has 108 valence electrons. The molecule has 0 spiro atoms. The first-order valence-corrected chi connectivity index (χ1v) is 6.44. The monoisotopic (exact) mass is 295 g/mol. The fraction of sp³-hybridized carbons (Fsp3) is 0.429. The summed E-state index contributed by atoms with van der Waals surface area (Å²) in [4.78, 5) is 4.41. The standard InChI is InChI=1S/C14H17N3O2.ClH/c1-18-11-5-3-10(4-6-11)9-12-16-13(17-19-12)14(15)7-2-8-14;/h3-6H,2,7-9,15H2,1H3;1H. The van der Waals surface area contributed by atoms with Gasteiger partial charge in [-0.2, -0.15) is 4.98 Å². The molecule has 0 saturated heterocycles. The van der Waals surface area contributed by atoms with Gasteiger partial charge in [0.15, 0.2) is 5.82 Å². The van der Waals surface area contributed by atoms with Crippen molar-refractivity contribution in [1.29, 1.82) is 0 Å². The van der Waals surface area contributed by atoms with Crippen LogP contribution in [0.5, 0.6) is 5.75 Å². The molecular weight excluding hydrogens is 278 g/mol. The molecule has 1 fully saturated rings. The molecular formula is C14H18ClN3O2. The zero-order valence-corrected chi connectivity index (χ0v) is 12.2. The van der Waals surface area contributed by atoms with Crippen LogP contribution in [0.4, 0.5) is 0 Å². The van der Waals surface area contributed by atoms with Gasteiger partial charge in [0.1, 0.15) is 5.75 Å². The summed E-state index contributed by atoms with van der Waals surface area (Å²) in [5, 5.41) is 4.00. The van der Waals surface area contributed by atoms with Gasteiger partial charge >= 0.3 is 0 Å². The van der Waals surface area contributed by atoms with Gasteiger partial charge in [0, 0.05) is 0 Å². The zero-order valence-electron chi connectivity index (χ0n) is 11.3. The molecule has 0 aliphatic heterocycles. The van der Waals surface area contributed by atoms with Crippen LogP contribution < -0.4 is 10.5 Å². The third-order valence-electron chi connectivity index (χ3n) is 3.67. The van der Waals surface area contributed by atoms with Gasteiger partial charge in [-0.1, -0.05) is 17.3 Å². The van der Waals surface area contributed by atoms with E-state index in [-0.39, 0.29) is 17.9 Å². The quantitative estimate of drug-likeness (QED) is 0.937. The highest BCUT2D eigenvalue weighted by molar-refractivity contribution is 5.85. The van der Waals surface area contributed by atoms with Gasteiger partial charge in [-0.15, -0.1) is 12.4 Å². The van der Waals surface area contributed by atoms with Crippen LogP contribution in [-0.4, -0.2) is 17.3 Å². The van der Waals surface area contributed by atoms with E-state index in [1.54, 1.807) is 7.11 Å². The lowest BCUT2D eigenvalue weighted by Crippen LogP contribution is -2.44. The molecule has 0 amide bonds. The van der Waals surface area contributed by atoms with Gasteiger partial charge < -0.3 is 15.0 Å². The van der Waals surface area contributed by atoms with E-state index in [2.05, 4.69) is 10.1 Å². The van der Waals surface area contributed by atoms with Crippen molar-refractivity contribution in [3.05, 3.63) is 41.5 Å². The van der Waals surface area contributed by atoms with Crippen molar-refractivity contribution in [2.75, 3.05) is 7.11 Å². The molecule has 5 nitrogen and oxygen atoms in total. The topological polar surface area (TPSA) is 74.2 Å². The summed E-state index contributed by atoms with van der Waals surface area (Å²) in [6.45, 7) is 0. The molecule has 0 unspecified atom stereocenters. The molecule has 2 aromatic rings. The van der Waals surface area contributed by atoms with E-state index in [9.17, 15) is 0 Å². The van der Waals surface area contributed by atoms with Crippen molar-refractivity contribution in [2.45, 2.75) is 31.2 Å². The molecule has 1 aromatic carbocycles. The van der Waals surface area contributed by atoms with E-state index in [1.165, 1.54) is 0 Å². The molecule has 6 heteroatoms. The largest absolute Gasteiger partial charge is 0.497 e. The molecule has 1 saturated carbocycles. The average Bonchev–Trinajstić information content (AvgIpc) is 2.86. The number of halogens is 1. The fourth-order valence-electron chi connectivity index (χ4n) is 2.23. The Morgan fingerprint density at radius 1 is 1.30 bits per heavy atom. The molecule has 1 heterocycles. The van der Waals surface area contributed by atoms with Crippen molar-refractivity contribution in [1.82, 2.24) is 10.1 Å². The van der Waals surface area contributed by atoms with E-state index in [0.717, 1.165) is 30.6 Å². The van der Waals surface area contributed by atoms with Gasteiger partial charge in [0.25, 0.3) is 0 Å². The lowest BCUT2D eigenvalue weighted by Gasteiger charge is -2.34. The Kier molecular flexibility index (Phi) is 4.30. The minimum absolute atomic E-state index is 0. The van der Waals surface area contributed by atoms with Gasteiger partial charge in [-0.3, -0.25) is 0 Å². The fourth-order valence-corrected chi connectivity index (χ4v) is 2.23. The van der Waals surface area contributed by atoms with Crippen LogP contribution in [0, 0.1) is 0 Å². The van der Waals surface area contributed by atoms with Crippen molar-refractivity contribution in [2.24, 2.45) is 5.73 Å². The van der Waals surface area contributed by atoms with Crippen LogP contribution in [0.15, 0.2) is 28.8 Å². The second kappa shape index (κ2) is 5.81. The molecule has 0 atom stereocenters. The summed E-state index contributed by atoms with van der Waals surface area (Å²) >= 11 is 0. The number of benzene rings is 1. The van der Waals surface area contributed by atoms with Gasteiger partial charge in [-0.25, -0.2) is 0 Å². The molecule has 0 radical (unpaired) electrons. The van der Waals surface area contributed by atoms with Crippen LogP contribution in [-0.2, 0) is 12.0 Å². The molecule has 2 N–H and O–H groups in total. The summed E-state index contributed by atoms with van der Waals surface area (Å²) in [5.41, 5.74) is 6.91. The lowest BCUT2D eigenvalue weighted by atomic mass is 9.77. The minimum atomic E-state index is -0.359. The summed E-state index contributed by atoms with van der Waals surface area (Å²) in [6, 6.07) is 7.82. The van der Waals surface area contributed by atoms with Gasteiger partial charge in [0.2, 0.25) is 5.89 Å². The first kappa shape index (κ1) is 14.8. The number of ether oxygens (including phenoxy) is 1. The lowest BCUT2D eigenvalue weighted by molar-refractivity contribution is 0.229. The van der Waals surface area contributed by atoms with E-state index in [4.69, 9.17) is 15.0 Å².